The third-order valence-corrected chi connectivity index (χ3v) is 3.51. The molecular formula is C16H24N2O2. The molecule has 1 aromatic rings. The van der Waals surface area contributed by atoms with E-state index in [1.165, 1.54) is 0 Å². The van der Waals surface area contributed by atoms with Crippen molar-refractivity contribution < 1.29 is 9.53 Å². The molecule has 4 nitrogen and oxygen atoms in total. The van der Waals surface area contributed by atoms with Crippen LogP contribution < -0.4 is 5.32 Å². The molecule has 1 fully saturated rings. The summed E-state index contributed by atoms with van der Waals surface area (Å²) in [5.74, 6) is 0.152. The summed E-state index contributed by atoms with van der Waals surface area (Å²) < 4.78 is 5.76. The van der Waals surface area contributed by atoms with Gasteiger partial charge in [-0.25, -0.2) is 0 Å². The predicted molar refractivity (Wildman–Crippen MR) is 80.8 cm³/mol. The summed E-state index contributed by atoms with van der Waals surface area (Å²) in [6.07, 6.45) is 3.34. The van der Waals surface area contributed by atoms with Gasteiger partial charge >= 0.3 is 0 Å². The summed E-state index contributed by atoms with van der Waals surface area (Å²) in [4.78, 5) is 14.1. The molecule has 1 atom stereocenters. The van der Waals surface area contributed by atoms with E-state index < -0.39 is 0 Å². The highest BCUT2D eigenvalue weighted by Crippen LogP contribution is 2.14. The molecule has 0 radical (unpaired) electrons. The van der Waals surface area contributed by atoms with E-state index in [1.807, 2.05) is 35.2 Å². The number of benzene rings is 1. The van der Waals surface area contributed by atoms with Crippen LogP contribution in [0.3, 0.4) is 0 Å². The normalized spacial score (nSPS) is 18.9. The quantitative estimate of drug-likeness (QED) is 0.868. The molecule has 0 saturated carbocycles. The highest BCUT2D eigenvalue weighted by atomic mass is 16.5. The number of likely N-dealkylation sites (tertiary alicyclic amines) is 1. The maximum absolute atomic E-state index is 12.2. The number of nitrogens with one attached hydrogen (secondary N) is 1. The van der Waals surface area contributed by atoms with E-state index in [2.05, 4.69) is 12.2 Å². The highest BCUT2D eigenvalue weighted by molar-refractivity contribution is 5.81. The Labute approximate surface area is 121 Å². The number of nitrogens with zero attached hydrogens (tertiary/aromatic N) is 1. The number of ether oxygens (including phenoxy) is 1. The molecule has 1 aliphatic heterocycles. The maximum atomic E-state index is 12.2. The monoisotopic (exact) mass is 276 g/mol. The lowest BCUT2D eigenvalue weighted by molar-refractivity contribution is -0.133. The maximum Gasteiger partial charge on any atom is 0.241 e. The van der Waals surface area contributed by atoms with Crippen LogP contribution in [0, 0.1) is 0 Å². The number of hydrogen-bond donors (Lipinski definition) is 1. The van der Waals surface area contributed by atoms with Crippen molar-refractivity contribution in [3.05, 3.63) is 30.3 Å². The minimum Gasteiger partial charge on any atom is -0.376 e. The third-order valence-electron chi connectivity index (χ3n) is 3.51. The Morgan fingerprint density at radius 2 is 2.20 bits per heavy atom. The van der Waals surface area contributed by atoms with Crippen molar-refractivity contribution >= 4 is 11.6 Å². The molecular weight excluding hydrogens is 252 g/mol. The van der Waals surface area contributed by atoms with E-state index in [0.29, 0.717) is 6.54 Å². The first-order valence-electron chi connectivity index (χ1n) is 7.48. The molecule has 0 spiro atoms. The Morgan fingerprint density at radius 1 is 1.40 bits per heavy atom. The number of rotatable bonds is 6. The van der Waals surface area contributed by atoms with E-state index in [9.17, 15) is 4.79 Å². The molecule has 110 valence electrons. The topological polar surface area (TPSA) is 41.6 Å². The lowest BCUT2D eigenvalue weighted by Crippen LogP contribution is -2.45. The van der Waals surface area contributed by atoms with Gasteiger partial charge in [0.2, 0.25) is 5.91 Å². The van der Waals surface area contributed by atoms with Gasteiger partial charge in [0.05, 0.1) is 12.6 Å². The molecule has 4 heteroatoms. The van der Waals surface area contributed by atoms with Crippen molar-refractivity contribution in [1.82, 2.24) is 4.90 Å². The van der Waals surface area contributed by atoms with Gasteiger partial charge in [-0.05, 0) is 31.4 Å². The summed E-state index contributed by atoms with van der Waals surface area (Å²) >= 11 is 0. The molecule has 20 heavy (non-hydrogen) atoms. The lowest BCUT2D eigenvalue weighted by atomic mass is 10.1. The summed E-state index contributed by atoms with van der Waals surface area (Å²) in [6.45, 7) is 4.82. The van der Waals surface area contributed by atoms with Gasteiger partial charge in [0.25, 0.3) is 0 Å². The Morgan fingerprint density at radius 3 is 2.95 bits per heavy atom. The molecule has 0 aliphatic carbocycles. The van der Waals surface area contributed by atoms with Crippen LogP contribution in [0.2, 0.25) is 0 Å². The number of hydrogen-bond acceptors (Lipinski definition) is 3. The number of carbonyl (C=O) groups excluding carboxylic acids is 1. The van der Waals surface area contributed by atoms with Crippen molar-refractivity contribution in [1.29, 1.82) is 0 Å². The van der Waals surface area contributed by atoms with Gasteiger partial charge in [-0.1, -0.05) is 25.1 Å². The zero-order chi connectivity index (χ0) is 14.2. The smallest absolute Gasteiger partial charge is 0.241 e. The molecule has 1 unspecified atom stereocenters. The first-order valence-corrected chi connectivity index (χ1v) is 7.48. The second-order valence-corrected chi connectivity index (χ2v) is 5.19. The Balaban J connectivity index is 1.77. The van der Waals surface area contributed by atoms with Crippen molar-refractivity contribution in [2.24, 2.45) is 0 Å². The molecule has 1 amide bonds. The molecule has 2 rings (SSSR count). The molecule has 1 saturated heterocycles. The van der Waals surface area contributed by atoms with Gasteiger partial charge in [0, 0.05) is 25.4 Å². The first-order chi connectivity index (χ1) is 9.79. The van der Waals surface area contributed by atoms with Crippen LogP contribution in [-0.2, 0) is 9.53 Å². The van der Waals surface area contributed by atoms with Gasteiger partial charge in [-0.3, -0.25) is 4.79 Å². The Hall–Kier alpha value is -1.55. The van der Waals surface area contributed by atoms with Gasteiger partial charge < -0.3 is 15.0 Å². The average molecular weight is 276 g/mol. The van der Waals surface area contributed by atoms with Crippen molar-refractivity contribution in [2.75, 3.05) is 31.6 Å². The van der Waals surface area contributed by atoms with Crippen LogP contribution in [0.15, 0.2) is 30.3 Å². The van der Waals surface area contributed by atoms with Gasteiger partial charge in [-0.2, -0.15) is 0 Å². The van der Waals surface area contributed by atoms with Gasteiger partial charge in [0.1, 0.15) is 0 Å². The largest absolute Gasteiger partial charge is 0.376 e. The van der Waals surface area contributed by atoms with E-state index in [0.717, 1.165) is 44.6 Å². The molecule has 1 heterocycles. The molecule has 1 aliphatic rings. The second kappa shape index (κ2) is 7.90. The fourth-order valence-corrected chi connectivity index (χ4v) is 2.43. The van der Waals surface area contributed by atoms with Crippen LogP contribution in [-0.4, -0.2) is 43.2 Å². The predicted octanol–water partition coefficient (Wildman–Crippen LogP) is 2.52. The Bertz CT molecular complexity index is 408. The molecule has 0 aromatic heterocycles. The minimum atomic E-state index is 0.152. The third kappa shape index (κ3) is 4.53. The Kier molecular flexibility index (Phi) is 5.87. The van der Waals surface area contributed by atoms with Gasteiger partial charge in [0.15, 0.2) is 0 Å². The van der Waals surface area contributed by atoms with Crippen molar-refractivity contribution in [3.63, 3.8) is 0 Å². The zero-order valence-electron chi connectivity index (χ0n) is 12.2. The lowest BCUT2D eigenvalue weighted by Gasteiger charge is -2.32. The number of amides is 1. The number of carbonyl (C=O) groups is 1. The standard InChI is InChI=1S/C16H24N2O2/c1-2-11-20-15-9-6-10-18(13-15)16(19)12-17-14-7-4-3-5-8-14/h3-5,7-8,15,17H,2,6,9-13H2,1H3. The first kappa shape index (κ1) is 14.9. The summed E-state index contributed by atoms with van der Waals surface area (Å²) in [5, 5.41) is 3.17. The number of para-hydroxylation sites is 1. The van der Waals surface area contributed by atoms with Crippen LogP contribution in [0.25, 0.3) is 0 Å². The van der Waals surface area contributed by atoms with Crippen LogP contribution in [0.1, 0.15) is 26.2 Å². The van der Waals surface area contributed by atoms with E-state index in [1.54, 1.807) is 0 Å². The average Bonchev–Trinajstić information content (AvgIpc) is 2.52. The summed E-state index contributed by atoms with van der Waals surface area (Å²) in [5.41, 5.74) is 0.983. The van der Waals surface area contributed by atoms with E-state index in [4.69, 9.17) is 4.74 Å². The van der Waals surface area contributed by atoms with E-state index >= 15 is 0 Å². The fraction of sp³-hybridized carbons (Fsp3) is 0.562. The molecule has 1 aromatic carbocycles. The zero-order valence-corrected chi connectivity index (χ0v) is 12.2. The SMILES string of the molecule is CCCOC1CCCN(C(=O)CNc2ccccc2)C1. The minimum absolute atomic E-state index is 0.152. The van der Waals surface area contributed by atoms with Crippen molar-refractivity contribution in [2.45, 2.75) is 32.3 Å². The van der Waals surface area contributed by atoms with E-state index in [-0.39, 0.29) is 12.0 Å². The van der Waals surface area contributed by atoms with Crippen LogP contribution in [0.5, 0.6) is 0 Å². The molecule has 0 bridgehead atoms. The number of anilines is 1. The summed E-state index contributed by atoms with van der Waals surface area (Å²) in [7, 11) is 0. The molecule has 1 N–H and O–H groups in total. The van der Waals surface area contributed by atoms with Crippen molar-refractivity contribution in [3.8, 4) is 0 Å². The van der Waals surface area contributed by atoms with Gasteiger partial charge in [-0.15, -0.1) is 0 Å². The summed E-state index contributed by atoms with van der Waals surface area (Å²) in [6, 6.07) is 9.82. The second-order valence-electron chi connectivity index (χ2n) is 5.19. The van der Waals surface area contributed by atoms with Crippen LogP contribution in [0.4, 0.5) is 5.69 Å². The number of piperidine rings is 1. The van der Waals surface area contributed by atoms with Crippen LogP contribution >= 0.6 is 0 Å². The highest BCUT2D eigenvalue weighted by Gasteiger charge is 2.23. The fourth-order valence-electron chi connectivity index (χ4n) is 2.43.